The van der Waals surface area contributed by atoms with Crippen LogP contribution in [0.25, 0.3) is 0 Å². The van der Waals surface area contributed by atoms with E-state index in [0.717, 1.165) is 5.92 Å². The monoisotopic (exact) mass is 241 g/mol. The van der Waals surface area contributed by atoms with Gasteiger partial charge in [-0.05, 0) is 85.8 Å². The van der Waals surface area contributed by atoms with Crippen molar-refractivity contribution in [3.8, 4) is 0 Å². The molecule has 3 nitrogen and oxygen atoms in total. The van der Waals surface area contributed by atoms with Crippen molar-refractivity contribution in [2.45, 2.75) is 38.6 Å². The van der Waals surface area contributed by atoms with Gasteiger partial charge in [0.1, 0.15) is 0 Å². The number of rotatable bonds is 7. The van der Waals surface area contributed by atoms with Gasteiger partial charge in [0.2, 0.25) is 0 Å². The molecule has 0 bridgehead atoms. The molecule has 1 fully saturated rings. The molecule has 0 aliphatic carbocycles. The smallest absolute Gasteiger partial charge is 0.00679 e. The van der Waals surface area contributed by atoms with E-state index in [9.17, 15) is 0 Å². The predicted octanol–water partition coefficient (Wildman–Crippen LogP) is 1.65. The van der Waals surface area contributed by atoms with E-state index in [4.69, 9.17) is 0 Å². The molecule has 0 aromatic rings. The molecule has 102 valence electrons. The lowest BCUT2D eigenvalue weighted by atomic mass is 9.90. The fraction of sp³-hybridized carbons (Fsp3) is 1.00. The lowest BCUT2D eigenvalue weighted by molar-refractivity contribution is 0.190. The second-order valence-electron chi connectivity index (χ2n) is 5.89. The Morgan fingerprint density at radius 2 is 1.88 bits per heavy atom. The second kappa shape index (κ2) is 8.06. The van der Waals surface area contributed by atoms with E-state index in [1.807, 2.05) is 0 Å². The van der Waals surface area contributed by atoms with Crippen molar-refractivity contribution < 1.29 is 0 Å². The third-order valence-corrected chi connectivity index (χ3v) is 3.97. The van der Waals surface area contributed by atoms with Crippen LogP contribution in [0.5, 0.6) is 0 Å². The van der Waals surface area contributed by atoms with Gasteiger partial charge in [-0.15, -0.1) is 0 Å². The first-order valence-electron chi connectivity index (χ1n) is 7.16. The number of likely N-dealkylation sites (tertiary alicyclic amines) is 1. The first-order chi connectivity index (χ1) is 8.09. The van der Waals surface area contributed by atoms with Crippen LogP contribution in [0, 0.1) is 5.92 Å². The van der Waals surface area contributed by atoms with Gasteiger partial charge in [-0.2, -0.15) is 0 Å². The lowest BCUT2D eigenvalue weighted by Gasteiger charge is -2.33. The first-order valence-corrected chi connectivity index (χ1v) is 7.16. The molecular formula is C14H31N3. The van der Waals surface area contributed by atoms with Crippen molar-refractivity contribution in [3.05, 3.63) is 0 Å². The van der Waals surface area contributed by atoms with Crippen LogP contribution in [-0.4, -0.2) is 63.2 Å². The largest absolute Gasteiger partial charge is 0.314 e. The maximum Gasteiger partial charge on any atom is 0.00679 e. The van der Waals surface area contributed by atoms with Gasteiger partial charge in [-0.3, -0.25) is 0 Å². The summed E-state index contributed by atoms with van der Waals surface area (Å²) in [7, 11) is 6.53. The van der Waals surface area contributed by atoms with Crippen molar-refractivity contribution in [3.63, 3.8) is 0 Å². The van der Waals surface area contributed by atoms with Gasteiger partial charge in [0.25, 0.3) is 0 Å². The van der Waals surface area contributed by atoms with Crippen molar-refractivity contribution in [2.75, 3.05) is 47.3 Å². The van der Waals surface area contributed by atoms with Crippen LogP contribution in [0.1, 0.15) is 32.6 Å². The van der Waals surface area contributed by atoms with Gasteiger partial charge < -0.3 is 15.1 Å². The topological polar surface area (TPSA) is 18.5 Å². The summed E-state index contributed by atoms with van der Waals surface area (Å²) in [4.78, 5) is 4.71. The number of piperidine rings is 1. The molecule has 0 saturated carbocycles. The zero-order chi connectivity index (χ0) is 12.7. The Bertz CT molecular complexity index is 186. The molecule has 1 atom stereocenters. The Morgan fingerprint density at radius 3 is 2.47 bits per heavy atom. The highest BCUT2D eigenvalue weighted by atomic mass is 15.1. The highest BCUT2D eigenvalue weighted by molar-refractivity contribution is 4.78. The van der Waals surface area contributed by atoms with Crippen LogP contribution < -0.4 is 5.32 Å². The summed E-state index contributed by atoms with van der Waals surface area (Å²) >= 11 is 0. The number of unbranched alkanes of at least 4 members (excludes halogenated alkanes) is 1. The zero-order valence-electron chi connectivity index (χ0n) is 12.2. The van der Waals surface area contributed by atoms with Crippen molar-refractivity contribution in [1.29, 1.82) is 0 Å². The molecule has 0 radical (unpaired) electrons. The van der Waals surface area contributed by atoms with Gasteiger partial charge in [0.15, 0.2) is 0 Å². The molecule has 0 spiro atoms. The molecule has 0 aromatic heterocycles. The first kappa shape index (κ1) is 14.9. The Labute approximate surface area is 108 Å². The van der Waals surface area contributed by atoms with Crippen LogP contribution in [-0.2, 0) is 0 Å². The van der Waals surface area contributed by atoms with E-state index in [1.54, 1.807) is 0 Å². The number of nitrogens with one attached hydrogen (secondary N) is 1. The molecular weight excluding hydrogens is 210 g/mol. The minimum absolute atomic E-state index is 0.697. The van der Waals surface area contributed by atoms with Gasteiger partial charge in [0.05, 0.1) is 0 Å². The number of nitrogens with zero attached hydrogens (tertiary/aromatic N) is 2. The van der Waals surface area contributed by atoms with Gasteiger partial charge >= 0.3 is 0 Å². The van der Waals surface area contributed by atoms with Crippen LogP contribution >= 0.6 is 0 Å². The van der Waals surface area contributed by atoms with Crippen LogP contribution in [0.4, 0.5) is 0 Å². The van der Waals surface area contributed by atoms with E-state index in [1.165, 1.54) is 51.9 Å². The number of hydrogen-bond acceptors (Lipinski definition) is 3. The molecule has 1 aliphatic rings. The highest BCUT2D eigenvalue weighted by Crippen LogP contribution is 2.19. The van der Waals surface area contributed by atoms with Crippen LogP contribution in [0.3, 0.4) is 0 Å². The van der Waals surface area contributed by atoms with Crippen molar-refractivity contribution in [1.82, 2.24) is 15.1 Å². The van der Waals surface area contributed by atoms with Gasteiger partial charge in [-0.25, -0.2) is 0 Å². The average Bonchev–Trinajstić information content (AvgIpc) is 2.29. The molecule has 3 heteroatoms. The van der Waals surface area contributed by atoms with E-state index < -0.39 is 0 Å². The van der Waals surface area contributed by atoms with E-state index in [-0.39, 0.29) is 0 Å². The molecule has 0 aromatic carbocycles. The zero-order valence-corrected chi connectivity index (χ0v) is 12.2. The second-order valence-corrected chi connectivity index (χ2v) is 5.89. The molecule has 17 heavy (non-hydrogen) atoms. The summed E-state index contributed by atoms with van der Waals surface area (Å²) in [6.07, 6.45) is 5.33. The van der Waals surface area contributed by atoms with Crippen LogP contribution in [0.2, 0.25) is 0 Å². The Balaban J connectivity index is 2.02. The molecule has 1 aliphatic heterocycles. The predicted molar refractivity (Wildman–Crippen MR) is 75.5 cm³/mol. The maximum absolute atomic E-state index is 3.70. The average molecular weight is 241 g/mol. The Hall–Kier alpha value is -0.120. The van der Waals surface area contributed by atoms with Crippen molar-refractivity contribution >= 4 is 0 Å². The quantitative estimate of drug-likeness (QED) is 0.684. The maximum atomic E-state index is 3.70. The highest BCUT2D eigenvalue weighted by Gasteiger charge is 2.21. The van der Waals surface area contributed by atoms with E-state index >= 15 is 0 Å². The van der Waals surface area contributed by atoms with E-state index in [2.05, 4.69) is 43.2 Å². The summed E-state index contributed by atoms with van der Waals surface area (Å²) in [5, 5.41) is 3.70. The molecule has 0 amide bonds. The normalized spacial score (nSPS) is 21.0. The summed E-state index contributed by atoms with van der Waals surface area (Å²) in [6.45, 7) is 7.31. The minimum Gasteiger partial charge on any atom is -0.314 e. The fourth-order valence-corrected chi connectivity index (χ4v) is 2.58. The molecule has 1 rings (SSSR count). The fourth-order valence-electron chi connectivity index (χ4n) is 2.58. The Morgan fingerprint density at radius 1 is 1.24 bits per heavy atom. The molecule has 1 heterocycles. The Kier molecular flexibility index (Phi) is 7.09. The lowest BCUT2D eigenvalue weighted by Crippen LogP contribution is -2.41. The third-order valence-electron chi connectivity index (χ3n) is 3.97. The summed E-state index contributed by atoms with van der Waals surface area (Å²) < 4.78 is 0. The van der Waals surface area contributed by atoms with Crippen molar-refractivity contribution in [2.24, 2.45) is 5.92 Å². The summed E-state index contributed by atoms with van der Waals surface area (Å²) in [6, 6.07) is 0.697. The third kappa shape index (κ3) is 6.39. The number of hydrogen-bond donors (Lipinski definition) is 1. The standard InChI is InChI=1S/C14H31N3/c1-13(14-7-11-17(4)12-8-14)15-9-5-6-10-16(2)3/h13-15H,5-12H2,1-4H3. The van der Waals surface area contributed by atoms with Crippen LogP contribution in [0.15, 0.2) is 0 Å². The van der Waals surface area contributed by atoms with E-state index in [0.29, 0.717) is 6.04 Å². The van der Waals surface area contributed by atoms with Gasteiger partial charge in [0, 0.05) is 6.04 Å². The SMILES string of the molecule is CC(NCCCCN(C)C)C1CCN(C)CC1. The summed E-state index contributed by atoms with van der Waals surface area (Å²) in [5.74, 6) is 0.889. The minimum atomic E-state index is 0.697. The molecule has 1 unspecified atom stereocenters. The van der Waals surface area contributed by atoms with Gasteiger partial charge in [-0.1, -0.05) is 0 Å². The molecule has 1 saturated heterocycles. The molecule has 1 N–H and O–H groups in total. The summed E-state index contributed by atoms with van der Waals surface area (Å²) in [5.41, 5.74) is 0.